The fourth-order valence-corrected chi connectivity index (χ4v) is 6.14. The maximum Gasteiger partial charge on any atom is 0.320 e. The Bertz CT molecular complexity index is 1300. The topological polar surface area (TPSA) is 87.0 Å². The van der Waals surface area contributed by atoms with E-state index < -0.39 is 0 Å². The molecule has 10 heteroatoms. The molecule has 4 fully saturated rings. The van der Waals surface area contributed by atoms with Gasteiger partial charge in [-0.2, -0.15) is 15.1 Å². The van der Waals surface area contributed by atoms with E-state index in [1.807, 2.05) is 16.9 Å². The summed E-state index contributed by atoms with van der Waals surface area (Å²) in [4.78, 5) is 14.2. The van der Waals surface area contributed by atoms with Crippen molar-refractivity contribution >= 4 is 16.7 Å². The molecule has 4 aliphatic heterocycles. The predicted octanol–water partition coefficient (Wildman–Crippen LogP) is 2.32. The SMILES string of the molecule is COc1nc(N2CCOC3(COC3)C2)cc(-n2ncc3cc(C)c(C4CCN(C5COC5)CC4)cc32)n1. The van der Waals surface area contributed by atoms with Gasteiger partial charge in [0.2, 0.25) is 0 Å². The van der Waals surface area contributed by atoms with E-state index in [1.54, 1.807) is 7.11 Å². The van der Waals surface area contributed by atoms with Gasteiger partial charge in [0.25, 0.3) is 0 Å². The molecule has 0 aliphatic carbocycles. The molecular formula is C27H34N6O4. The smallest absolute Gasteiger partial charge is 0.320 e. The van der Waals surface area contributed by atoms with Crippen LogP contribution in [0.15, 0.2) is 24.4 Å². The molecule has 1 spiro atoms. The molecule has 0 bridgehead atoms. The number of hydrogen-bond donors (Lipinski definition) is 0. The number of likely N-dealkylation sites (tertiary alicyclic amines) is 1. The highest BCUT2D eigenvalue weighted by molar-refractivity contribution is 5.82. The van der Waals surface area contributed by atoms with E-state index in [0.717, 1.165) is 56.1 Å². The summed E-state index contributed by atoms with van der Waals surface area (Å²) in [5, 5.41) is 5.86. The van der Waals surface area contributed by atoms with Gasteiger partial charge in [-0.25, -0.2) is 4.68 Å². The second kappa shape index (κ2) is 9.20. The molecule has 7 rings (SSSR count). The van der Waals surface area contributed by atoms with Crippen molar-refractivity contribution in [3.8, 4) is 11.8 Å². The lowest BCUT2D eigenvalue weighted by molar-refractivity contribution is -0.211. The summed E-state index contributed by atoms with van der Waals surface area (Å²) < 4.78 is 24.3. The number of rotatable bonds is 5. The number of morpholine rings is 1. The van der Waals surface area contributed by atoms with Crippen LogP contribution in [0.3, 0.4) is 0 Å². The molecular weight excluding hydrogens is 472 g/mol. The minimum Gasteiger partial charge on any atom is -0.467 e. The van der Waals surface area contributed by atoms with Crippen LogP contribution in [-0.4, -0.2) is 103 Å². The van der Waals surface area contributed by atoms with E-state index in [1.165, 1.54) is 24.0 Å². The molecule has 0 unspecified atom stereocenters. The van der Waals surface area contributed by atoms with Crippen molar-refractivity contribution < 1.29 is 18.9 Å². The van der Waals surface area contributed by atoms with E-state index in [4.69, 9.17) is 24.0 Å². The first-order valence-electron chi connectivity index (χ1n) is 13.3. The molecule has 0 atom stereocenters. The maximum absolute atomic E-state index is 6.01. The van der Waals surface area contributed by atoms with Crippen molar-refractivity contribution in [2.75, 3.05) is 71.2 Å². The van der Waals surface area contributed by atoms with Crippen LogP contribution in [0.25, 0.3) is 16.7 Å². The highest BCUT2D eigenvalue weighted by Crippen LogP contribution is 2.35. The first kappa shape index (κ1) is 23.3. The Morgan fingerprint density at radius 3 is 2.51 bits per heavy atom. The molecule has 0 amide bonds. The predicted molar refractivity (Wildman–Crippen MR) is 138 cm³/mol. The molecule has 6 heterocycles. The van der Waals surface area contributed by atoms with E-state index in [0.29, 0.717) is 43.6 Å². The lowest BCUT2D eigenvalue weighted by Crippen LogP contribution is -2.63. The van der Waals surface area contributed by atoms with Crippen molar-refractivity contribution in [1.29, 1.82) is 0 Å². The number of fused-ring (bicyclic) bond motifs is 1. The number of benzene rings is 1. The molecule has 0 radical (unpaired) electrons. The van der Waals surface area contributed by atoms with Crippen LogP contribution >= 0.6 is 0 Å². The molecule has 4 saturated heterocycles. The van der Waals surface area contributed by atoms with Gasteiger partial charge in [0, 0.05) is 18.0 Å². The highest BCUT2D eigenvalue weighted by atomic mass is 16.6. The summed E-state index contributed by atoms with van der Waals surface area (Å²) in [5.41, 5.74) is 3.58. The lowest BCUT2D eigenvalue weighted by Gasteiger charge is -2.47. The van der Waals surface area contributed by atoms with Crippen LogP contribution in [0.2, 0.25) is 0 Å². The van der Waals surface area contributed by atoms with Gasteiger partial charge >= 0.3 is 6.01 Å². The first-order chi connectivity index (χ1) is 18.1. The zero-order chi connectivity index (χ0) is 25.0. The zero-order valence-electron chi connectivity index (χ0n) is 21.6. The third-order valence-corrected chi connectivity index (χ3v) is 8.44. The summed E-state index contributed by atoms with van der Waals surface area (Å²) >= 11 is 0. The summed E-state index contributed by atoms with van der Waals surface area (Å²) in [6, 6.07) is 7.55. The van der Waals surface area contributed by atoms with Gasteiger partial charge in [-0.3, -0.25) is 4.90 Å². The highest BCUT2D eigenvalue weighted by Gasteiger charge is 2.44. The van der Waals surface area contributed by atoms with Crippen LogP contribution in [0.4, 0.5) is 5.82 Å². The van der Waals surface area contributed by atoms with Gasteiger partial charge in [-0.15, -0.1) is 0 Å². The largest absolute Gasteiger partial charge is 0.467 e. The van der Waals surface area contributed by atoms with Crippen molar-refractivity contribution in [1.82, 2.24) is 24.6 Å². The van der Waals surface area contributed by atoms with E-state index in [-0.39, 0.29) is 5.60 Å². The Hall–Kier alpha value is -2.79. The first-order valence-corrected chi connectivity index (χ1v) is 13.3. The van der Waals surface area contributed by atoms with Crippen molar-refractivity contribution in [2.24, 2.45) is 0 Å². The van der Waals surface area contributed by atoms with Crippen LogP contribution in [0.1, 0.15) is 29.9 Å². The Balaban J connectivity index is 1.20. The summed E-state index contributed by atoms with van der Waals surface area (Å²) in [7, 11) is 1.61. The van der Waals surface area contributed by atoms with E-state index in [9.17, 15) is 0 Å². The van der Waals surface area contributed by atoms with Gasteiger partial charge < -0.3 is 23.8 Å². The van der Waals surface area contributed by atoms with E-state index >= 15 is 0 Å². The van der Waals surface area contributed by atoms with Crippen molar-refractivity contribution in [2.45, 2.75) is 37.3 Å². The van der Waals surface area contributed by atoms with Gasteiger partial charge in [0.05, 0.1) is 64.4 Å². The number of hydrogen-bond acceptors (Lipinski definition) is 9. The number of nitrogens with zero attached hydrogens (tertiary/aromatic N) is 6. The standard InChI is InChI=1S/C27H34N6O4/c1-18-9-20-12-28-33(23(20)10-22(18)19-3-5-31(6-4-19)21-13-35-14-21)25-11-24(29-26(30-25)34-2)32-7-8-37-27(15-32)16-36-17-27/h9-12,19,21H,3-8,13-17H2,1-2H3. The van der Waals surface area contributed by atoms with Crippen LogP contribution in [-0.2, 0) is 14.2 Å². The number of aryl methyl sites for hydroxylation is 1. The second-order valence-corrected chi connectivity index (χ2v) is 10.8. The molecule has 196 valence electrons. The van der Waals surface area contributed by atoms with Crippen LogP contribution in [0, 0.1) is 6.92 Å². The van der Waals surface area contributed by atoms with Crippen molar-refractivity contribution in [3.63, 3.8) is 0 Å². The maximum atomic E-state index is 6.01. The minimum atomic E-state index is -0.233. The molecule has 0 N–H and O–H groups in total. The number of anilines is 1. The normalized spacial score (nSPS) is 22.8. The van der Waals surface area contributed by atoms with Crippen LogP contribution in [0.5, 0.6) is 6.01 Å². The average molecular weight is 507 g/mol. The monoisotopic (exact) mass is 506 g/mol. The molecule has 0 saturated carbocycles. The van der Waals surface area contributed by atoms with Gasteiger partial charge in [-0.1, -0.05) is 0 Å². The summed E-state index contributed by atoms with van der Waals surface area (Å²) in [6.45, 7) is 9.65. The number of aromatic nitrogens is 4. The number of piperidine rings is 1. The van der Waals surface area contributed by atoms with E-state index in [2.05, 4.69) is 38.8 Å². The fraction of sp³-hybridized carbons (Fsp3) is 0.593. The third-order valence-electron chi connectivity index (χ3n) is 8.44. The lowest BCUT2D eigenvalue weighted by atomic mass is 9.85. The molecule has 4 aliphatic rings. The second-order valence-electron chi connectivity index (χ2n) is 10.8. The molecule has 10 nitrogen and oxygen atoms in total. The Morgan fingerprint density at radius 1 is 1.00 bits per heavy atom. The molecule has 3 aromatic rings. The Morgan fingerprint density at radius 2 is 1.81 bits per heavy atom. The van der Waals surface area contributed by atoms with Gasteiger partial charge in [0.1, 0.15) is 11.4 Å². The fourth-order valence-electron chi connectivity index (χ4n) is 6.14. The minimum absolute atomic E-state index is 0.233. The van der Waals surface area contributed by atoms with Gasteiger partial charge in [-0.05, 0) is 62.0 Å². The molecule has 1 aromatic carbocycles. The van der Waals surface area contributed by atoms with Crippen molar-refractivity contribution in [3.05, 3.63) is 35.5 Å². The Kier molecular flexibility index (Phi) is 5.80. The summed E-state index contributed by atoms with van der Waals surface area (Å²) in [5.74, 6) is 2.08. The quantitative estimate of drug-likeness (QED) is 0.517. The molecule has 37 heavy (non-hydrogen) atoms. The van der Waals surface area contributed by atoms with Gasteiger partial charge in [0.15, 0.2) is 5.82 Å². The average Bonchev–Trinajstić information content (AvgIpc) is 3.29. The molecule has 2 aromatic heterocycles. The van der Waals surface area contributed by atoms with Crippen LogP contribution < -0.4 is 9.64 Å². The Labute approximate surface area is 216 Å². The summed E-state index contributed by atoms with van der Waals surface area (Å²) in [6.07, 6.45) is 4.27. The zero-order valence-corrected chi connectivity index (χ0v) is 21.6. The number of methoxy groups -OCH3 is 1. The third kappa shape index (κ3) is 4.16. The number of ether oxygens (including phenoxy) is 4.